The van der Waals surface area contributed by atoms with Gasteiger partial charge in [-0.2, -0.15) is 0 Å². The second-order valence-electron chi connectivity index (χ2n) is 4.49. The maximum absolute atomic E-state index is 12.0. The van der Waals surface area contributed by atoms with Gasteiger partial charge in [-0.15, -0.1) is 11.3 Å². The van der Waals surface area contributed by atoms with E-state index in [-0.39, 0.29) is 5.91 Å². The first-order valence-electron chi connectivity index (χ1n) is 6.84. The van der Waals surface area contributed by atoms with Gasteiger partial charge in [0.2, 0.25) is 5.91 Å². The summed E-state index contributed by atoms with van der Waals surface area (Å²) in [5.41, 5.74) is 0.914. The largest absolute Gasteiger partial charge is 0.301 e. The fourth-order valence-corrected chi connectivity index (χ4v) is 3.32. The standard InChI is InChI=1S/C15H14N4OS2/c1-2-12-17-11-6-4-3-5-10(11)14(18-12)22-9-13(20)19-15-16-7-8-21-15/h3-8H,2,9H2,1H3,(H,16,19,20). The third-order valence-corrected chi connectivity index (χ3v) is 4.63. The monoisotopic (exact) mass is 330 g/mol. The molecule has 1 amide bonds. The van der Waals surface area contributed by atoms with Gasteiger partial charge in [0.15, 0.2) is 5.13 Å². The molecule has 0 unspecified atom stereocenters. The zero-order valence-electron chi connectivity index (χ0n) is 11.9. The van der Waals surface area contributed by atoms with Gasteiger partial charge in [-0.05, 0) is 6.07 Å². The number of aromatic nitrogens is 3. The Balaban J connectivity index is 1.76. The van der Waals surface area contributed by atoms with Crippen LogP contribution in [0.25, 0.3) is 10.9 Å². The van der Waals surface area contributed by atoms with Crippen LogP contribution in [0.2, 0.25) is 0 Å². The number of hydrogen-bond acceptors (Lipinski definition) is 6. The summed E-state index contributed by atoms with van der Waals surface area (Å²) in [6.45, 7) is 2.02. The van der Waals surface area contributed by atoms with Crippen molar-refractivity contribution in [3.05, 3.63) is 41.7 Å². The molecular formula is C15H14N4OS2. The molecule has 3 rings (SSSR count). The Labute approximate surface area is 136 Å². The number of anilines is 1. The third kappa shape index (κ3) is 3.42. The Bertz CT molecular complexity index is 789. The highest BCUT2D eigenvalue weighted by molar-refractivity contribution is 8.00. The van der Waals surface area contributed by atoms with Crippen molar-refractivity contribution in [3.63, 3.8) is 0 Å². The molecule has 1 N–H and O–H groups in total. The molecule has 22 heavy (non-hydrogen) atoms. The number of benzene rings is 1. The molecule has 3 aromatic rings. The van der Waals surface area contributed by atoms with E-state index >= 15 is 0 Å². The molecule has 2 aromatic heterocycles. The van der Waals surface area contributed by atoms with Crippen LogP contribution in [0, 0.1) is 0 Å². The molecular weight excluding hydrogens is 316 g/mol. The number of thioether (sulfide) groups is 1. The van der Waals surface area contributed by atoms with E-state index in [2.05, 4.69) is 20.3 Å². The molecule has 0 saturated carbocycles. The lowest BCUT2D eigenvalue weighted by atomic mass is 10.2. The number of fused-ring (bicyclic) bond motifs is 1. The smallest absolute Gasteiger partial charge is 0.236 e. The highest BCUT2D eigenvalue weighted by atomic mass is 32.2. The topological polar surface area (TPSA) is 67.8 Å². The molecule has 0 fully saturated rings. The van der Waals surface area contributed by atoms with Gasteiger partial charge in [0.05, 0.1) is 11.3 Å². The average Bonchev–Trinajstić information content (AvgIpc) is 3.05. The summed E-state index contributed by atoms with van der Waals surface area (Å²) in [6.07, 6.45) is 2.43. The lowest BCUT2D eigenvalue weighted by Gasteiger charge is -2.07. The molecule has 0 spiro atoms. The van der Waals surface area contributed by atoms with Crippen LogP contribution in [-0.4, -0.2) is 26.6 Å². The van der Waals surface area contributed by atoms with Crippen molar-refractivity contribution in [2.45, 2.75) is 18.4 Å². The van der Waals surface area contributed by atoms with Gasteiger partial charge in [0, 0.05) is 23.4 Å². The van der Waals surface area contributed by atoms with Gasteiger partial charge in [-0.25, -0.2) is 15.0 Å². The number of aryl methyl sites for hydroxylation is 1. The maximum Gasteiger partial charge on any atom is 0.236 e. The van der Waals surface area contributed by atoms with Crippen molar-refractivity contribution < 1.29 is 4.79 Å². The number of amides is 1. The molecule has 0 saturated heterocycles. The SMILES string of the molecule is CCc1nc(SCC(=O)Nc2nccs2)c2ccccc2n1. The maximum atomic E-state index is 12.0. The Kier molecular flexibility index (Phi) is 4.65. The van der Waals surface area contributed by atoms with Crippen LogP contribution < -0.4 is 5.32 Å². The van der Waals surface area contributed by atoms with Crippen LogP contribution in [-0.2, 0) is 11.2 Å². The van der Waals surface area contributed by atoms with Gasteiger partial charge >= 0.3 is 0 Å². The molecule has 0 bridgehead atoms. The van der Waals surface area contributed by atoms with Crippen molar-refractivity contribution in [1.29, 1.82) is 0 Å². The number of nitrogens with zero attached hydrogens (tertiary/aromatic N) is 3. The van der Waals surface area contributed by atoms with Gasteiger partial charge in [-0.1, -0.05) is 36.9 Å². The van der Waals surface area contributed by atoms with Gasteiger partial charge in [-0.3, -0.25) is 4.79 Å². The fraction of sp³-hybridized carbons (Fsp3) is 0.200. The van der Waals surface area contributed by atoms with Crippen LogP contribution in [0.4, 0.5) is 5.13 Å². The first-order chi connectivity index (χ1) is 10.8. The summed E-state index contributed by atoms with van der Waals surface area (Å²) in [7, 11) is 0. The molecule has 0 aliphatic rings. The van der Waals surface area contributed by atoms with Crippen LogP contribution in [0.3, 0.4) is 0 Å². The number of carbonyl (C=O) groups is 1. The van der Waals surface area contributed by atoms with Gasteiger partial charge < -0.3 is 5.32 Å². The molecule has 2 heterocycles. The number of thiazole rings is 1. The van der Waals surface area contributed by atoms with Crippen molar-refractivity contribution in [2.75, 3.05) is 11.1 Å². The summed E-state index contributed by atoms with van der Waals surface area (Å²) >= 11 is 2.83. The predicted octanol–water partition coefficient (Wildman–Crippen LogP) is 3.38. The Hall–Kier alpha value is -1.99. The highest BCUT2D eigenvalue weighted by Crippen LogP contribution is 2.25. The molecule has 1 aromatic carbocycles. The number of rotatable bonds is 5. The average molecular weight is 330 g/mol. The van der Waals surface area contributed by atoms with E-state index in [0.29, 0.717) is 10.9 Å². The van der Waals surface area contributed by atoms with Crippen LogP contribution in [0.1, 0.15) is 12.7 Å². The second kappa shape index (κ2) is 6.85. The first-order valence-corrected chi connectivity index (χ1v) is 8.70. The molecule has 0 aliphatic heterocycles. The second-order valence-corrected chi connectivity index (χ2v) is 6.35. The normalized spacial score (nSPS) is 10.8. The minimum atomic E-state index is -0.0827. The third-order valence-electron chi connectivity index (χ3n) is 2.95. The molecule has 0 aliphatic carbocycles. The van der Waals surface area contributed by atoms with Gasteiger partial charge in [0.1, 0.15) is 10.9 Å². The van der Waals surface area contributed by atoms with E-state index in [1.807, 2.05) is 36.6 Å². The van der Waals surface area contributed by atoms with E-state index in [9.17, 15) is 4.79 Å². The summed E-state index contributed by atoms with van der Waals surface area (Å²) < 4.78 is 0. The Morgan fingerprint density at radius 2 is 2.18 bits per heavy atom. The number of para-hydroxylation sites is 1. The fourth-order valence-electron chi connectivity index (χ4n) is 1.94. The van der Waals surface area contributed by atoms with Crippen molar-refractivity contribution in [2.24, 2.45) is 0 Å². The number of carbonyl (C=O) groups excluding carboxylic acids is 1. The van der Waals surface area contributed by atoms with Crippen molar-refractivity contribution in [3.8, 4) is 0 Å². The predicted molar refractivity (Wildman–Crippen MR) is 90.4 cm³/mol. The lowest BCUT2D eigenvalue weighted by molar-refractivity contribution is -0.113. The Morgan fingerprint density at radius 1 is 1.32 bits per heavy atom. The van der Waals surface area contributed by atoms with Crippen LogP contribution in [0.15, 0.2) is 40.9 Å². The molecule has 0 radical (unpaired) electrons. The van der Waals surface area contributed by atoms with Crippen LogP contribution >= 0.6 is 23.1 Å². The molecule has 112 valence electrons. The first kappa shape index (κ1) is 14.9. The van der Waals surface area contributed by atoms with E-state index in [1.54, 1.807) is 6.20 Å². The molecule has 5 nitrogen and oxygen atoms in total. The van der Waals surface area contributed by atoms with Gasteiger partial charge in [0.25, 0.3) is 0 Å². The zero-order valence-corrected chi connectivity index (χ0v) is 13.6. The minimum absolute atomic E-state index is 0.0827. The summed E-state index contributed by atoms with van der Waals surface area (Å²) in [4.78, 5) is 25.1. The quantitative estimate of drug-likeness (QED) is 0.574. The number of hydrogen-bond donors (Lipinski definition) is 1. The Morgan fingerprint density at radius 3 is 2.95 bits per heavy atom. The van der Waals surface area contributed by atoms with E-state index in [0.717, 1.165) is 28.2 Å². The highest BCUT2D eigenvalue weighted by Gasteiger charge is 2.10. The van der Waals surface area contributed by atoms with E-state index in [4.69, 9.17) is 0 Å². The molecule has 0 atom stereocenters. The summed E-state index contributed by atoms with van der Waals surface area (Å²) in [5, 5.41) is 7.04. The van der Waals surface area contributed by atoms with Crippen molar-refractivity contribution >= 4 is 45.0 Å². The number of nitrogens with one attached hydrogen (secondary N) is 1. The zero-order chi connectivity index (χ0) is 15.4. The summed E-state index contributed by atoms with van der Waals surface area (Å²) in [5.74, 6) is 1.01. The lowest BCUT2D eigenvalue weighted by Crippen LogP contribution is -2.14. The minimum Gasteiger partial charge on any atom is -0.301 e. The molecule has 7 heteroatoms. The van der Waals surface area contributed by atoms with Crippen molar-refractivity contribution in [1.82, 2.24) is 15.0 Å². The van der Waals surface area contributed by atoms with Crippen LogP contribution in [0.5, 0.6) is 0 Å². The van der Waals surface area contributed by atoms with E-state index in [1.165, 1.54) is 23.1 Å². The summed E-state index contributed by atoms with van der Waals surface area (Å²) in [6, 6.07) is 7.86. The van der Waals surface area contributed by atoms with E-state index < -0.39 is 0 Å².